The van der Waals surface area contributed by atoms with Gasteiger partial charge in [-0.3, -0.25) is 0 Å². The molecular formula is C12H10FIN2O. The summed E-state index contributed by atoms with van der Waals surface area (Å²) in [6, 6.07) is 3.94. The molecule has 0 saturated carbocycles. The Morgan fingerprint density at radius 1 is 1.59 bits per heavy atom. The van der Waals surface area contributed by atoms with Crippen molar-refractivity contribution in [1.29, 1.82) is 5.26 Å². The summed E-state index contributed by atoms with van der Waals surface area (Å²) in [4.78, 5) is 2.08. The van der Waals surface area contributed by atoms with Gasteiger partial charge >= 0.3 is 0 Å². The van der Waals surface area contributed by atoms with Gasteiger partial charge in [0.1, 0.15) is 24.1 Å². The van der Waals surface area contributed by atoms with Gasteiger partial charge in [-0.2, -0.15) is 5.26 Å². The van der Waals surface area contributed by atoms with E-state index in [-0.39, 0.29) is 5.82 Å². The van der Waals surface area contributed by atoms with Crippen molar-refractivity contribution >= 4 is 28.3 Å². The zero-order valence-electron chi connectivity index (χ0n) is 9.04. The summed E-state index contributed by atoms with van der Waals surface area (Å²) in [6.07, 6.45) is 2.12. The summed E-state index contributed by atoms with van der Waals surface area (Å²) in [7, 11) is 0. The van der Waals surface area contributed by atoms with Gasteiger partial charge in [0, 0.05) is 12.6 Å². The smallest absolute Gasteiger partial charge is 0.164 e. The molecule has 0 aliphatic carbocycles. The average molecular weight is 344 g/mol. The summed E-state index contributed by atoms with van der Waals surface area (Å²) in [5.74, 6) is 0.198. The summed E-state index contributed by atoms with van der Waals surface area (Å²) in [5.41, 5.74) is 0.890. The third kappa shape index (κ3) is 1.58. The molecule has 1 aromatic rings. The number of anilines is 1. The number of fused-ring (bicyclic) bond motifs is 3. The van der Waals surface area contributed by atoms with Crippen molar-refractivity contribution in [2.24, 2.45) is 0 Å². The van der Waals surface area contributed by atoms with Crippen LogP contribution in [0.15, 0.2) is 6.07 Å². The van der Waals surface area contributed by atoms with Crippen LogP contribution >= 0.6 is 22.6 Å². The minimum atomic E-state index is -0.314. The van der Waals surface area contributed by atoms with E-state index in [1.165, 1.54) is 0 Å². The first-order valence-electron chi connectivity index (χ1n) is 5.54. The van der Waals surface area contributed by atoms with Gasteiger partial charge in [-0.1, -0.05) is 0 Å². The fraction of sp³-hybridized carbons (Fsp3) is 0.417. The van der Waals surface area contributed by atoms with Crippen LogP contribution in [0.1, 0.15) is 18.4 Å². The highest BCUT2D eigenvalue weighted by Gasteiger charge is 2.35. The molecule has 3 nitrogen and oxygen atoms in total. The largest absolute Gasteiger partial charge is 0.489 e. The lowest BCUT2D eigenvalue weighted by atomic mass is 10.1. The molecule has 2 heterocycles. The van der Waals surface area contributed by atoms with E-state index in [2.05, 4.69) is 4.90 Å². The van der Waals surface area contributed by atoms with E-state index in [4.69, 9.17) is 10.00 Å². The Kier molecular flexibility index (Phi) is 2.62. The maximum Gasteiger partial charge on any atom is 0.164 e. The highest BCUT2D eigenvalue weighted by Crippen LogP contribution is 2.42. The molecule has 0 spiro atoms. The third-order valence-corrected chi connectivity index (χ3v) is 4.42. The van der Waals surface area contributed by atoms with E-state index in [9.17, 15) is 4.39 Å². The van der Waals surface area contributed by atoms with Crippen molar-refractivity contribution in [2.75, 3.05) is 18.1 Å². The number of hydrogen-bond donors (Lipinski definition) is 0. The lowest BCUT2D eigenvalue weighted by molar-refractivity contribution is 0.269. The number of ether oxygens (including phenoxy) is 1. The van der Waals surface area contributed by atoms with Crippen LogP contribution in [0, 0.1) is 20.7 Å². The van der Waals surface area contributed by atoms with Gasteiger partial charge in [-0.05, 0) is 35.4 Å². The van der Waals surface area contributed by atoms with Crippen LogP contribution in [-0.4, -0.2) is 19.2 Å². The molecule has 2 aliphatic heterocycles. The topological polar surface area (TPSA) is 36.3 Å². The van der Waals surface area contributed by atoms with E-state index in [0.717, 1.165) is 19.4 Å². The first-order valence-corrected chi connectivity index (χ1v) is 6.61. The molecule has 17 heavy (non-hydrogen) atoms. The highest BCUT2D eigenvalue weighted by molar-refractivity contribution is 14.1. The number of rotatable bonds is 0. The fourth-order valence-electron chi connectivity index (χ4n) is 2.54. The number of nitrogens with zero attached hydrogens (tertiary/aromatic N) is 2. The Balaban J connectivity index is 2.19. The molecule has 1 unspecified atom stereocenters. The Morgan fingerprint density at radius 3 is 3.18 bits per heavy atom. The molecule has 0 radical (unpaired) electrons. The van der Waals surface area contributed by atoms with Crippen molar-refractivity contribution < 1.29 is 9.13 Å². The van der Waals surface area contributed by atoms with E-state index in [1.807, 2.05) is 28.7 Å². The predicted octanol–water partition coefficient (Wildman–Crippen LogP) is 2.66. The van der Waals surface area contributed by atoms with Gasteiger partial charge in [-0.15, -0.1) is 0 Å². The molecule has 1 atom stereocenters. The Labute approximate surface area is 112 Å². The van der Waals surface area contributed by atoms with Crippen LogP contribution in [0.3, 0.4) is 0 Å². The van der Waals surface area contributed by atoms with E-state index >= 15 is 0 Å². The van der Waals surface area contributed by atoms with Gasteiger partial charge in [0.15, 0.2) is 5.82 Å². The molecule has 88 valence electrons. The maximum atomic E-state index is 14.3. The standard InChI is InChI=1S/C12H10FIN2O/c13-10-11(14)7(5-15)4-9-12(10)16-3-1-2-8(16)6-17-9/h4,8H,1-3,6H2. The van der Waals surface area contributed by atoms with Gasteiger partial charge in [0.2, 0.25) is 0 Å². The molecule has 3 rings (SSSR count). The number of hydrogen-bond acceptors (Lipinski definition) is 3. The van der Waals surface area contributed by atoms with Crippen molar-refractivity contribution in [3.8, 4) is 11.8 Å². The molecule has 2 aliphatic rings. The monoisotopic (exact) mass is 344 g/mol. The molecule has 1 saturated heterocycles. The Hall–Kier alpha value is -1.03. The van der Waals surface area contributed by atoms with Crippen LogP contribution in [-0.2, 0) is 0 Å². The SMILES string of the molecule is N#Cc1cc2c(c(F)c1I)N1CCCC1CO2. The molecular weight excluding hydrogens is 334 g/mol. The van der Waals surface area contributed by atoms with Crippen LogP contribution in [0.5, 0.6) is 5.75 Å². The van der Waals surface area contributed by atoms with Gasteiger partial charge in [0.25, 0.3) is 0 Å². The average Bonchev–Trinajstić information content (AvgIpc) is 2.81. The second-order valence-corrected chi connectivity index (χ2v) is 5.39. The predicted molar refractivity (Wildman–Crippen MR) is 69.7 cm³/mol. The maximum absolute atomic E-state index is 14.3. The van der Waals surface area contributed by atoms with Crippen LogP contribution < -0.4 is 9.64 Å². The molecule has 0 aromatic heterocycles. The van der Waals surface area contributed by atoms with Gasteiger partial charge in [-0.25, -0.2) is 4.39 Å². The number of nitriles is 1. The van der Waals surface area contributed by atoms with Crippen molar-refractivity contribution in [3.63, 3.8) is 0 Å². The second kappa shape index (κ2) is 4.02. The van der Waals surface area contributed by atoms with E-state index in [1.54, 1.807) is 6.07 Å². The van der Waals surface area contributed by atoms with Crippen molar-refractivity contribution in [2.45, 2.75) is 18.9 Å². The van der Waals surface area contributed by atoms with Gasteiger partial charge in [0.05, 0.1) is 15.2 Å². The van der Waals surface area contributed by atoms with E-state index < -0.39 is 0 Å². The normalized spacial score (nSPS) is 21.5. The van der Waals surface area contributed by atoms with Crippen molar-refractivity contribution in [3.05, 3.63) is 21.0 Å². The molecule has 0 bridgehead atoms. The third-order valence-electron chi connectivity index (χ3n) is 3.36. The zero-order valence-corrected chi connectivity index (χ0v) is 11.2. The minimum Gasteiger partial charge on any atom is -0.489 e. The first kappa shape index (κ1) is 11.1. The van der Waals surface area contributed by atoms with E-state index in [0.29, 0.717) is 33.2 Å². The Morgan fingerprint density at radius 2 is 2.41 bits per heavy atom. The lowest BCUT2D eigenvalue weighted by Crippen LogP contribution is -2.39. The molecule has 5 heteroatoms. The molecule has 0 N–H and O–H groups in total. The quantitative estimate of drug-likeness (QED) is 0.679. The first-order chi connectivity index (χ1) is 8.22. The molecule has 1 fully saturated rings. The number of benzene rings is 1. The summed E-state index contributed by atoms with van der Waals surface area (Å²) < 4.78 is 20.3. The highest BCUT2D eigenvalue weighted by atomic mass is 127. The summed E-state index contributed by atoms with van der Waals surface area (Å²) in [5, 5.41) is 8.94. The summed E-state index contributed by atoms with van der Waals surface area (Å²) in [6.45, 7) is 1.47. The molecule has 0 amide bonds. The van der Waals surface area contributed by atoms with Gasteiger partial charge < -0.3 is 9.64 Å². The lowest BCUT2D eigenvalue weighted by Gasteiger charge is -2.34. The second-order valence-electron chi connectivity index (χ2n) is 4.31. The Bertz CT molecular complexity index is 526. The van der Waals surface area contributed by atoms with Crippen LogP contribution in [0.25, 0.3) is 0 Å². The zero-order chi connectivity index (χ0) is 12.0. The minimum absolute atomic E-state index is 0.292. The summed E-state index contributed by atoms with van der Waals surface area (Å²) >= 11 is 1.89. The van der Waals surface area contributed by atoms with Crippen LogP contribution in [0.4, 0.5) is 10.1 Å². The molecule has 1 aromatic carbocycles. The number of halogens is 2. The fourth-order valence-corrected chi connectivity index (χ4v) is 3.07. The van der Waals surface area contributed by atoms with Crippen molar-refractivity contribution in [1.82, 2.24) is 0 Å². The van der Waals surface area contributed by atoms with Crippen LogP contribution in [0.2, 0.25) is 0 Å².